The highest BCUT2D eigenvalue weighted by Gasteiger charge is 2.21. The van der Waals surface area contributed by atoms with Crippen LogP contribution in [-0.4, -0.2) is 22.0 Å². The molecule has 0 aromatic rings. The van der Waals surface area contributed by atoms with Gasteiger partial charge in [0.15, 0.2) is 0 Å². The first kappa shape index (κ1) is 9.27. The van der Waals surface area contributed by atoms with Crippen LogP contribution in [0.15, 0.2) is 0 Å². The molecule has 0 aliphatic carbocycles. The van der Waals surface area contributed by atoms with Crippen molar-refractivity contribution in [1.82, 2.24) is 4.90 Å². The molecule has 2 nitrogen and oxygen atoms in total. The third kappa shape index (κ3) is 2.60. The van der Waals surface area contributed by atoms with Crippen molar-refractivity contribution in [3.8, 4) is 6.07 Å². The Balaban J connectivity index is 2.41. The average Bonchev–Trinajstić information content (AvgIpc) is 2.05. The second-order valence-corrected chi connectivity index (χ2v) is 4.84. The van der Waals surface area contributed by atoms with Crippen LogP contribution in [0.5, 0.6) is 0 Å². The molecule has 11 heavy (non-hydrogen) atoms. The Labute approximate surface area is 81.7 Å². The molecule has 1 saturated heterocycles. The third-order valence-electron chi connectivity index (χ3n) is 2.14. The number of nitrogens with zero attached hydrogens (tertiary/aromatic N) is 2. The molecule has 0 unspecified atom stereocenters. The second-order valence-electron chi connectivity index (χ2n) is 3.04. The number of alkyl halides is 1. The molecule has 0 saturated carbocycles. The maximum absolute atomic E-state index is 8.71. The van der Waals surface area contributed by atoms with E-state index in [0.29, 0.717) is 4.05 Å². The van der Waals surface area contributed by atoms with Crippen molar-refractivity contribution in [2.24, 2.45) is 5.92 Å². The van der Waals surface area contributed by atoms with Crippen molar-refractivity contribution in [1.29, 1.82) is 5.26 Å². The fraction of sp³-hybridized carbons (Fsp3) is 0.875. The molecule has 0 spiro atoms. The number of piperidine rings is 1. The number of halogens is 1. The molecular formula is C8H13IN2. The summed E-state index contributed by atoms with van der Waals surface area (Å²) in [6, 6.07) is 2.34. The van der Waals surface area contributed by atoms with Crippen LogP contribution < -0.4 is 0 Å². The molecule has 62 valence electrons. The minimum Gasteiger partial charge on any atom is -0.291 e. The van der Waals surface area contributed by atoms with Crippen LogP contribution in [0.2, 0.25) is 0 Å². The molecule has 0 N–H and O–H groups in total. The van der Waals surface area contributed by atoms with Gasteiger partial charge in [0.2, 0.25) is 0 Å². The van der Waals surface area contributed by atoms with Crippen molar-refractivity contribution in [3.63, 3.8) is 0 Å². The highest BCUT2D eigenvalue weighted by Crippen LogP contribution is 2.19. The Morgan fingerprint density at radius 3 is 3.00 bits per heavy atom. The standard InChI is InChI=1S/C8H13IN2/c1-7(9)11-4-2-3-8(5-10)6-11/h7-8H,2-4,6H2,1H3/t7-,8-/m1/s1. The van der Waals surface area contributed by atoms with Crippen LogP contribution in [-0.2, 0) is 0 Å². The summed E-state index contributed by atoms with van der Waals surface area (Å²) in [5.74, 6) is 0.279. The first-order valence-corrected chi connectivity index (χ1v) is 5.26. The van der Waals surface area contributed by atoms with E-state index in [1.54, 1.807) is 0 Å². The monoisotopic (exact) mass is 264 g/mol. The average molecular weight is 264 g/mol. The maximum Gasteiger partial charge on any atom is 0.0669 e. The van der Waals surface area contributed by atoms with Crippen molar-refractivity contribution in [2.45, 2.75) is 23.8 Å². The van der Waals surface area contributed by atoms with Crippen molar-refractivity contribution in [3.05, 3.63) is 0 Å². The predicted octanol–water partition coefficient (Wildman–Crippen LogP) is 2.00. The SMILES string of the molecule is C[C@H](I)N1CCC[C@H](C#N)C1. The summed E-state index contributed by atoms with van der Waals surface area (Å²) in [5, 5.41) is 8.71. The minimum absolute atomic E-state index is 0.279. The zero-order chi connectivity index (χ0) is 8.27. The smallest absolute Gasteiger partial charge is 0.0669 e. The van der Waals surface area contributed by atoms with Gasteiger partial charge < -0.3 is 0 Å². The molecule has 0 amide bonds. The van der Waals surface area contributed by atoms with Gasteiger partial charge in [0.1, 0.15) is 0 Å². The Hall–Kier alpha value is 0.180. The number of nitriles is 1. The first-order valence-electron chi connectivity index (χ1n) is 4.02. The summed E-state index contributed by atoms with van der Waals surface area (Å²) in [7, 11) is 0. The lowest BCUT2D eigenvalue weighted by molar-refractivity contribution is 0.201. The normalized spacial score (nSPS) is 29.4. The van der Waals surface area contributed by atoms with E-state index in [9.17, 15) is 0 Å². The van der Waals surface area contributed by atoms with Gasteiger partial charge in [-0.1, -0.05) is 22.6 Å². The van der Waals surface area contributed by atoms with Crippen LogP contribution in [0.4, 0.5) is 0 Å². The van der Waals surface area contributed by atoms with Gasteiger partial charge in [-0.2, -0.15) is 5.26 Å². The van der Waals surface area contributed by atoms with Crippen LogP contribution >= 0.6 is 22.6 Å². The number of likely N-dealkylation sites (tertiary alicyclic amines) is 1. The maximum atomic E-state index is 8.71. The van der Waals surface area contributed by atoms with Gasteiger partial charge in [0.05, 0.1) is 16.0 Å². The Morgan fingerprint density at radius 1 is 1.73 bits per heavy atom. The fourth-order valence-corrected chi connectivity index (χ4v) is 1.94. The summed E-state index contributed by atoms with van der Waals surface area (Å²) < 4.78 is 0.573. The zero-order valence-electron chi connectivity index (χ0n) is 6.76. The molecule has 1 aliphatic rings. The third-order valence-corrected chi connectivity index (χ3v) is 2.93. The molecule has 1 rings (SSSR count). The minimum atomic E-state index is 0.279. The van der Waals surface area contributed by atoms with Crippen LogP contribution in [0.1, 0.15) is 19.8 Å². The summed E-state index contributed by atoms with van der Waals surface area (Å²) in [6.07, 6.45) is 2.28. The fourth-order valence-electron chi connectivity index (χ4n) is 1.43. The molecule has 3 heteroatoms. The van der Waals surface area contributed by atoms with E-state index in [0.717, 1.165) is 13.0 Å². The second kappa shape index (κ2) is 4.27. The molecule has 0 bridgehead atoms. The van der Waals surface area contributed by atoms with E-state index in [4.69, 9.17) is 5.26 Å². The lowest BCUT2D eigenvalue weighted by atomic mass is 10.00. The molecule has 0 aromatic heterocycles. The first-order chi connectivity index (χ1) is 5.24. The highest BCUT2D eigenvalue weighted by molar-refractivity contribution is 14.1. The van der Waals surface area contributed by atoms with Crippen molar-refractivity contribution in [2.75, 3.05) is 13.1 Å². The van der Waals surface area contributed by atoms with E-state index < -0.39 is 0 Å². The lowest BCUT2D eigenvalue weighted by Gasteiger charge is -2.31. The van der Waals surface area contributed by atoms with Gasteiger partial charge in [-0.25, -0.2) is 0 Å². The van der Waals surface area contributed by atoms with Crippen LogP contribution in [0.25, 0.3) is 0 Å². The Morgan fingerprint density at radius 2 is 2.45 bits per heavy atom. The lowest BCUT2D eigenvalue weighted by Crippen LogP contribution is -2.38. The molecule has 2 atom stereocenters. The van der Waals surface area contributed by atoms with Gasteiger partial charge in [0, 0.05) is 6.54 Å². The quantitative estimate of drug-likeness (QED) is 0.411. The van der Waals surface area contributed by atoms with Crippen molar-refractivity contribution >= 4 is 22.6 Å². The zero-order valence-corrected chi connectivity index (χ0v) is 8.91. The predicted molar refractivity (Wildman–Crippen MR) is 53.4 cm³/mol. The molecule has 1 aliphatic heterocycles. The molecule has 1 heterocycles. The summed E-state index contributed by atoms with van der Waals surface area (Å²) >= 11 is 2.40. The van der Waals surface area contributed by atoms with E-state index >= 15 is 0 Å². The highest BCUT2D eigenvalue weighted by atomic mass is 127. The van der Waals surface area contributed by atoms with E-state index in [1.807, 2.05) is 0 Å². The number of rotatable bonds is 1. The van der Waals surface area contributed by atoms with Crippen LogP contribution in [0.3, 0.4) is 0 Å². The van der Waals surface area contributed by atoms with E-state index in [2.05, 4.69) is 40.5 Å². The molecular weight excluding hydrogens is 251 g/mol. The summed E-state index contributed by atoms with van der Waals surface area (Å²) in [5.41, 5.74) is 0. The Kier molecular flexibility index (Phi) is 3.60. The van der Waals surface area contributed by atoms with Crippen LogP contribution in [0, 0.1) is 17.2 Å². The Bertz CT molecular complexity index is 162. The van der Waals surface area contributed by atoms with Gasteiger partial charge in [-0.05, 0) is 26.3 Å². The van der Waals surface area contributed by atoms with E-state index in [1.165, 1.54) is 13.0 Å². The topological polar surface area (TPSA) is 27.0 Å². The van der Waals surface area contributed by atoms with Gasteiger partial charge in [-0.15, -0.1) is 0 Å². The summed E-state index contributed by atoms with van der Waals surface area (Å²) in [4.78, 5) is 2.37. The van der Waals surface area contributed by atoms with E-state index in [-0.39, 0.29) is 5.92 Å². The van der Waals surface area contributed by atoms with Gasteiger partial charge in [-0.3, -0.25) is 4.90 Å². The van der Waals surface area contributed by atoms with Crippen molar-refractivity contribution < 1.29 is 0 Å². The number of hydrogen-bond donors (Lipinski definition) is 0. The summed E-state index contributed by atoms with van der Waals surface area (Å²) in [6.45, 7) is 4.32. The van der Waals surface area contributed by atoms with Gasteiger partial charge >= 0.3 is 0 Å². The number of hydrogen-bond acceptors (Lipinski definition) is 2. The molecule has 0 aromatic carbocycles. The molecule has 1 fully saturated rings. The van der Waals surface area contributed by atoms with Gasteiger partial charge in [0.25, 0.3) is 0 Å². The molecule has 0 radical (unpaired) electrons. The largest absolute Gasteiger partial charge is 0.291 e.